The average molecular weight is 421 g/mol. The van der Waals surface area contributed by atoms with Crippen LogP contribution in [0, 0.1) is 6.92 Å². The number of unbranched alkanes of at least 4 members (excludes halogenated alkanes) is 8. The first-order chi connectivity index (χ1) is 15.3. The van der Waals surface area contributed by atoms with Crippen molar-refractivity contribution in [1.29, 1.82) is 0 Å². The van der Waals surface area contributed by atoms with Gasteiger partial charge in [0, 0.05) is 21.5 Å². The molecular formula is C29H40O2. The summed E-state index contributed by atoms with van der Waals surface area (Å²) in [6.07, 6.45) is 12.5. The number of benzene rings is 3. The van der Waals surface area contributed by atoms with Crippen molar-refractivity contribution < 1.29 is 9.47 Å². The molecule has 0 aliphatic heterocycles. The van der Waals surface area contributed by atoms with Crippen LogP contribution >= 0.6 is 0 Å². The van der Waals surface area contributed by atoms with E-state index in [1.54, 1.807) is 0 Å². The van der Waals surface area contributed by atoms with Crippen LogP contribution < -0.4 is 9.47 Å². The lowest BCUT2D eigenvalue weighted by Gasteiger charge is -2.19. The predicted molar refractivity (Wildman–Crippen MR) is 135 cm³/mol. The van der Waals surface area contributed by atoms with E-state index in [4.69, 9.17) is 9.47 Å². The van der Waals surface area contributed by atoms with E-state index in [1.165, 1.54) is 73.1 Å². The lowest BCUT2D eigenvalue weighted by Crippen LogP contribution is -2.03. The number of aryl methyl sites for hydroxylation is 1. The first-order valence-corrected chi connectivity index (χ1v) is 12.5. The molecule has 0 amide bonds. The molecule has 0 N–H and O–H groups in total. The molecule has 2 heteroatoms. The fourth-order valence-electron chi connectivity index (χ4n) is 4.38. The third-order valence-corrected chi connectivity index (χ3v) is 6.15. The van der Waals surface area contributed by atoms with Crippen LogP contribution in [0.3, 0.4) is 0 Å². The normalized spacial score (nSPS) is 11.3. The van der Waals surface area contributed by atoms with Gasteiger partial charge in [0.05, 0.1) is 13.2 Å². The van der Waals surface area contributed by atoms with E-state index < -0.39 is 0 Å². The predicted octanol–water partition coefficient (Wildman–Crippen LogP) is 9.00. The van der Waals surface area contributed by atoms with Crippen molar-refractivity contribution >= 4 is 21.5 Å². The van der Waals surface area contributed by atoms with Gasteiger partial charge in [0.15, 0.2) is 0 Å². The first kappa shape index (κ1) is 23.4. The Morgan fingerprint density at radius 1 is 0.548 bits per heavy atom. The van der Waals surface area contributed by atoms with Crippen molar-refractivity contribution in [1.82, 2.24) is 0 Å². The Hall–Kier alpha value is -2.22. The molecule has 0 aromatic heterocycles. The zero-order valence-corrected chi connectivity index (χ0v) is 19.8. The van der Waals surface area contributed by atoms with E-state index in [0.29, 0.717) is 0 Å². The lowest BCUT2D eigenvalue weighted by atomic mass is 9.97. The maximum absolute atomic E-state index is 6.46. The summed E-state index contributed by atoms with van der Waals surface area (Å²) < 4.78 is 12.9. The van der Waals surface area contributed by atoms with Gasteiger partial charge in [-0.3, -0.25) is 0 Å². The topological polar surface area (TPSA) is 18.5 Å². The van der Waals surface area contributed by atoms with Crippen molar-refractivity contribution in [2.24, 2.45) is 0 Å². The van der Waals surface area contributed by atoms with E-state index in [-0.39, 0.29) is 0 Å². The monoisotopic (exact) mass is 420 g/mol. The Kier molecular flexibility index (Phi) is 9.52. The number of ether oxygens (including phenoxy) is 2. The molecule has 3 rings (SSSR count). The summed E-state index contributed by atoms with van der Waals surface area (Å²) in [6, 6.07) is 15.1. The summed E-state index contributed by atoms with van der Waals surface area (Å²) in [6.45, 7) is 8.24. The van der Waals surface area contributed by atoms with Crippen molar-refractivity contribution in [3.63, 3.8) is 0 Å². The molecule has 0 aliphatic rings. The molecule has 0 saturated carbocycles. The highest BCUT2D eigenvalue weighted by Gasteiger charge is 2.17. The molecule has 168 valence electrons. The Labute approximate surface area is 188 Å². The van der Waals surface area contributed by atoms with Crippen molar-refractivity contribution in [2.45, 2.75) is 85.0 Å². The molecule has 0 bridgehead atoms. The zero-order valence-electron chi connectivity index (χ0n) is 19.8. The lowest BCUT2D eigenvalue weighted by molar-refractivity contribution is 0.306. The Bertz CT molecular complexity index is 944. The molecule has 0 atom stereocenters. The summed E-state index contributed by atoms with van der Waals surface area (Å²) in [5.74, 6) is 2.04. The number of hydrogen-bond acceptors (Lipinski definition) is 2. The van der Waals surface area contributed by atoms with Gasteiger partial charge in [-0.2, -0.15) is 0 Å². The van der Waals surface area contributed by atoms with E-state index in [2.05, 4.69) is 63.2 Å². The van der Waals surface area contributed by atoms with Gasteiger partial charge in [0.2, 0.25) is 0 Å². The Balaban J connectivity index is 1.87. The average Bonchev–Trinajstić information content (AvgIpc) is 2.79. The smallest absolute Gasteiger partial charge is 0.135 e. The minimum atomic E-state index is 0.772. The standard InChI is InChI=1S/C29H40O2/c1-4-6-8-10-14-21-30-28-24-18-12-13-19-25(24)29(31-22-15-11-9-7-5-2)27-23(3)17-16-20-26(27)28/h12-13,16-20H,4-11,14-15,21-22H2,1-3H3. The molecule has 0 aliphatic carbocycles. The molecular weight excluding hydrogens is 380 g/mol. The maximum atomic E-state index is 6.46. The van der Waals surface area contributed by atoms with Crippen LogP contribution in [0.25, 0.3) is 21.5 Å². The summed E-state index contributed by atoms with van der Waals surface area (Å²) in [7, 11) is 0. The van der Waals surface area contributed by atoms with Crippen LogP contribution in [-0.2, 0) is 0 Å². The largest absolute Gasteiger partial charge is 0.492 e. The number of fused-ring (bicyclic) bond motifs is 2. The molecule has 0 saturated heterocycles. The highest BCUT2D eigenvalue weighted by atomic mass is 16.5. The molecule has 3 aromatic carbocycles. The maximum Gasteiger partial charge on any atom is 0.135 e. The number of hydrogen-bond donors (Lipinski definition) is 0. The molecule has 0 spiro atoms. The minimum Gasteiger partial charge on any atom is -0.492 e. The SMILES string of the molecule is CCCCCCCOc1c2ccccc2c(OCCCCCCC)c2c(C)cccc12. The van der Waals surface area contributed by atoms with Crippen LogP contribution in [0.4, 0.5) is 0 Å². The second-order valence-electron chi connectivity index (χ2n) is 8.73. The van der Waals surface area contributed by atoms with Gasteiger partial charge in [-0.1, -0.05) is 108 Å². The highest BCUT2D eigenvalue weighted by Crippen LogP contribution is 2.44. The van der Waals surface area contributed by atoms with Crippen LogP contribution in [-0.4, -0.2) is 13.2 Å². The van der Waals surface area contributed by atoms with E-state index in [0.717, 1.165) is 42.9 Å². The van der Waals surface area contributed by atoms with E-state index >= 15 is 0 Å². The quantitative estimate of drug-likeness (QED) is 0.191. The minimum absolute atomic E-state index is 0.772. The summed E-state index contributed by atoms with van der Waals surface area (Å²) in [5, 5.41) is 4.71. The molecule has 3 aromatic rings. The zero-order chi connectivity index (χ0) is 21.9. The molecule has 0 heterocycles. The van der Waals surface area contributed by atoms with Gasteiger partial charge in [0.25, 0.3) is 0 Å². The molecule has 0 unspecified atom stereocenters. The van der Waals surface area contributed by atoms with Crippen LogP contribution in [0.5, 0.6) is 11.5 Å². The first-order valence-electron chi connectivity index (χ1n) is 12.5. The van der Waals surface area contributed by atoms with Crippen LogP contribution in [0.15, 0.2) is 42.5 Å². The fraction of sp³-hybridized carbons (Fsp3) is 0.517. The van der Waals surface area contributed by atoms with Gasteiger partial charge < -0.3 is 9.47 Å². The second kappa shape index (κ2) is 12.6. The summed E-state index contributed by atoms with van der Waals surface area (Å²) in [4.78, 5) is 0. The molecule has 0 fully saturated rings. The molecule has 0 radical (unpaired) electrons. The van der Waals surface area contributed by atoms with Crippen molar-refractivity contribution in [3.8, 4) is 11.5 Å². The summed E-state index contributed by atoms with van der Waals surface area (Å²) >= 11 is 0. The van der Waals surface area contributed by atoms with Gasteiger partial charge in [0.1, 0.15) is 11.5 Å². The Morgan fingerprint density at radius 2 is 1.06 bits per heavy atom. The van der Waals surface area contributed by atoms with E-state index in [9.17, 15) is 0 Å². The Morgan fingerprint density at radius 3 is 1.68 bits per heavy atom. The third kappa shape index (κ3) is 6.15. The molecule has 31 heavy (non-hydrogen) atoms. The van der Waals surface area contributed by atoms with Gasteiger partial charge in [-0.25, -0.2) is 0 Å². The van der Waals surface area contributed by atoms with Gasteiger partial charge >= 0.3 is 0 Å². The van der Waals surface area contributed by atoms with Crippen molar-refractivity contribution in [3.05, 3.63) is 48.0 Å². The summed E-state index contributed by atoms with van der Waals surface area (Å²) in [5.41, 5.74) is 1.25. The molecule has 2 nitrogen and oxygen atoms in total. The third-order valence-electron chi connectivity index (χ3n) is 6.15. The van der Waals surface area contributed by atoms with Crippen LogP contribution in [0.2, 0.25) is 0 Å². The highest BCUT2D eigenvalue weighted by molar-refractivity contribution is 6.12. The fourth-order valence-corrected chi connectivity index (χ4v) is 4.38. The van der Waals surface area contributed by atoms with E-state index in [1.807, 2.05) is 0 Å². The number of rotatable bonds is 14. The van der Waals surface area contributed by atoms with Crippen LogP contribution in [0.1, 0.15) is 83.6 Å². The second-order valence-corrected chi connectivity index (χ2v) is 8.73. The van der Waals surface area contributed by atoms with Gasteiger partial charge in [-0.05, 0) is 25.3 Å². The van der Waals surface area contributed by atoms with Gasteiger partial charge in [-0.15, -0.1) is 0 Å². The van der Waals surface area contributed by atoms with Crippen molar-refractivity contribution in [2.75, 3.05) is 13.2 Å².